The quantitative estimate of drug-likeness (QED) is 0.111. The molecule has 2 unspecified atom stereocenters. The number of rotatable bonds is 11. The second-order valence-corrected chi connectivity index (χ2v) is 18.1. The van der Waals surface area contributed by atoms with Crippen molar-refractivity contribution in [1.29, 1.82) is 0 Å². The summed E-state index contributed by atoms with van der Waals surface area (Å²) in [5.74, 6) is 0.0629. The molecule has 2 heterocycles. The first-order valence-corrected chi connectivity index (χ1v) is 20.7. The van der Waals surface area contributed by atoms with Gasteiger partial charge in [-0.3, -0.25) is 0 Å². The predicted octanol–water partition coefficient (Wildman–Crippen LogP) is 10.3. The number of hydrogen-bond acceptors (Lipinski definition) is 7. The highest BCUT2D eigenvalue weighted by molar-refractivity contribution is 6.30. The number of ether oxygens (including phenoxy) is 5. The highest BCUT2D eigenvalue weighted by Gasteiger charge is 2.66. The molecule has 2 saturated carbocycles. The summed E-state index contributed by atoms with van der Waals surface area (Å²) >= 11 is 6.15. The average molecular weight is 789 g/mol. The van der Waals surface area contributed by atoms with Crippen molar-refractivity contribution in [3.63, 3.8) is 0 Å². The van der Waals surface area contributed by atoms with E-state index in [0.717, 1.165) is 42.4 Å². The summed E-state index contributed by atoms with van der Waals surface area (Å²) in [4.78, 5) is 27.1. The van der Waals surface area contributed by atoms with Gasteiger partial charge < -0.3 is 23.7 Å². The molecule has 7 nitrogen and oxygen atoms in total. The Morgan fingerprint density at radius 2 is 1.37 bits per heavy atom. The molecule has 0 spiro atoms. The van der Waals surface area contributed by atoms with Crippen molar-refractivity contribution in [2.24, 2.45) is 22.7 Å². The molecule has 0 amide bonds. The van der Waals surface area contributed by atoms with Crippen molar-refractivity contribution in [2.45, 2.75) is 95.7 Å². The highest BCUT2D eigenvalue weighted by Crippen LogP contribution is 2.67. The first-order valence-electron chi connectivity index (χ1n) is 20.3. The van der Waals surface area contributed by atoms with Gasteiger partial charge in [-0.15, -0.1) is 0 Å². The molecule has 4 aliphatic rings. The molecule has 3 fully saturated rings. The summed E-state index contributed by atoms with van der Waals surface area (Å²) in [6.07, 6.45) is 4.92. The fraction of sp³-hybridized carbons (Fsp3) is 0.429. The van der Waals surface area contributed by atoms with E-state index in [2.05, 4.69) is 93.6 Å². The number of carbonyl (C=O) groups excluding carboxylic acids is 2. The molecule has 4 aromatic carbocycles. The Labute approximate surface area is 341 Å². The Kier molecular flexibility index (Phi) is 10.4. The molecule has 0 radical (unpaired) electrons. The van der Waals surface area contributed by atoms with Gasteiger partial charge in [0.2, 0.25) is 0 Å². The monoisotopic (exact) mass is 788 g/mol. The molecule has 57 heavy (non-hydrogen) atoms. The van der Waals surface area contributed by atoms with E-state index >= 15 is 0 Å². The van der Waals surface area contributed by atoms with E-state index in [1.165, 1.54) is 0 Å². The van der Waals surface area contributed by atoms with E-state index in [1.54, 1.807) is 38.1 Å². The van der Waals surface area contributed by atoms with Crippen LogP contribution in [0, 0.1) is 22.7 Å². The van der Waals surface area contributed by atoms with Crippen LogP contribution < -0.4 is 4.74 Å². The van der Waals surface area contributed by atoms with Gasteiger partial charge >= 0.3 is 11.9 Å². The van der Waals surface area contributed by atoms with Crippen LogP contribution in [-0.4, -0.2) is 48.6 Å². The Morgan fingerprint density at radius 1 is 0.789 bits per heavy atom. The van der Waals surface area contributed by atoms with Gasteiger partial charge in [-0.25, -0.2) is 9.59 Å². The summed E-state index contributed by atoms with van der Waals surface area (Å²) in [5.41, 5.74) is 0.152. The van der Waals surface area contributed by atoms with Crippen LogP contribution in [0.4, 0.5) is 0 Å². The number of benzene rings is 4. The minimum absolute atomic E-state index is 0.0850. The topological polar surface area (TPSA) is 80.3 Å². The smallest absolute Gasteiger partial charge is 0.350 e. The maximum Gasteiger partial charge on any atom is 0.350 e. The second kappa shape index (κ2) is 15.1. The lowest BCUT2D eigenvalue weighted by Crippen LogP contribution is -2.63. The zero-order valence-corrected chi connectivity index (χ0v) is 34.3. The number of hydrogen-bond donors (Lipinski definition) is 0. The van der Waals surface area contributed by atoms with E-state index in [9.17, 15) is 9.59 Å². The molecule has 7 atom stereocenters. The Balaban J connectivity index is 1.19. The predicted molar refractivity (Wildman–Crippen MR) is 220 cm³/mol. The number of carbonyl (C=O) groups is 2. The third kappa shape index (κ3) is 7.00. The van der Waals surface area contributed by atoms with E-state index in [0.29, 0.717) is 36.0 Å². The normalized spacial score (nSPS) is 29.8. The maximum atomic E-state index is 14.4. The SMILES string of the molecule is CC(C)(Oc1ccc(Cl)cc1)C(=O)O[C@@H]1CC[C@@]2(C)C3CC(C4=CCOC4=O)O[C@]3(C)CC[C@@H]2[C@]1(C)COC(c1ccccc1)(c1ccccc1)c1ccccc1. The Morgan fingerprint density at radius 3 is 1.91 bits per heavy atom. The van der Waals surface area contributed by atoms with Gasteiger partial charge in [0.1, 0.15) is 24.1 Å². The molecule has 1 saturated heterocycles. The van der Waals surface area contributed by atoms with Crippen molar-refractivity contribution in [1.82, 2.24) is 0 Å². The van der Waals surface area contributed by atoms with Crippen molar-refractivity contribution in [3.05, 3.63) is 149 Å². The highest BCUT2D eigenvalue weighted by atomic mass is 35.5. The molecule has 8 rings (SSSR count). The second-order valence-electron chi connectivity index (χ2n) is 17.6. The summed E-state index contributed by atoms with van der Waals surface area (Å²) < 4.78 is 32.8. The Hall–Kier alpha value is -4.43. The van der Waals surface area contributed by atoms with Crippen LogP contribution in [0.25, 0.3) is 0 Å². The molecule has 0 aromatic heterocycles. The number of esters is 2. The molecule has 2 aliphatic heterocycles. The largest absolute Gasteiger partial charge is 0.476 e. The Bertz CT molecular complexity index is 2010. The number of halogens is 1. The first kappa shape index (κ1) is 39.4. The number of fused-ring (bicyclic) bond motifs is 3. The van der Waals surface area contributed by atoms with Crippen molar-refractivity contribution >= 4 is 23.5 Å². The summed E-state index contributed by atoms with van der Waals surface area (Å²) in [6, 6.07) is 38.2. The van der Waals surface area contributed by atoms with Gasteiger partial charge in [-0.05, 0) is 117 Å². The van der Waals surface area contributed by atoms with E-state index in [-0.39, 0.29) is 29.3 Å². The third-order valence-electron chi connectivity index (χ3n) is 13.8. The molecule has 2 aliphatic carbocycles. The van der Waals surface area contributed by atoms with Crippen molar-refractivity contribution in [2.75, 3.05) is 13.2 Å². The van der Waals surface area contributed by atoms with Gasteiger partial charge in [0.05, 0.1) is 23.9 Å². The van der Waals surface area contributed by atoms with Crippen molar-refractivity contribution in [3.8, 4) is 5.75 Å². The van der Waals surface area contributed by atoms with Crippen LogP contribution in [-0.2, 0) is 34.1 Å². The van der Waals surface area contributed by atoms with Crippen LogP contribution in [0.3, 0.4) is 0 Å². The lowest BCUT2D eigenvalue weighted by atomic mass is 9.44. The molecule has 0 bridgehead atoms. The number of cyclic esters (lactones) is 1. The zero-order chi connectivity index (χ0) is 40.1. The first-order chi connectivity index (χ1) is 27.3. The van der Waals surface area contributed by atoms with E-state index < -0.39 is 34.3 Å². The van der Waals surface area contributed by atoms with E-state index in [4.69, 9.17) is 35.3 Å². The van der Waals surface area contributed by atoms with Gasteiger partial charge in [0.15, 0.2) is 5.60 Å². The maximum absolute atomic E-state index is 14.4. The zero-order valence-electron chi connectivity index (χ0n) is 33.5. The van der Waals surface area contributed by atoms with E-state index in [1.807, 2.05) is 24.3 Å². The minimum Gasteiger partial charge on any atom is -0.476 e. The van der Waals surface area contributed by atoms with Crippen LogP contribution >= 0.6 is 11.6 Å². The summed E-state index contributed by atoms with van der Waals surface area (Å²) in [5, 5.41) is 0.587. The molecular weight excluding hydrogens is 736 g/mol. The van der Waals surface area contributed by atoms with Gasteiger partial charge in [-0.2, -0.15) is 0 Å². The molecule has 8 heteroatoms. The van der Waals surface area contributed by atoms with Crippen LogP contribution in [0.2, 0.25) is 5.02 Å². The van der Waals surface area contributed by atoms with Crippen LogP contribution in [0.1, 0.15) is 83.4 Å². The summed E-state index contributed by atoms with van der Waals surface area (Å²) in [6.45, 7) is 11.0. The minimum atomic E-state index is -1.28. The van der Waals surface area contributed by atoms with Crippen LogP contribution in [0.15, 0.2) is 127 Å². The third-order valence-corrected chi connectivity index (χ3v) is 14.0. The van der Waals surface area contributed by atoms with Gasteiger partial charge in [0.25, 0.3) is 0 Å². The molecule has 0 N–H and O–H groups in total. The molecular formula is C49H53ClO7. The molecule has 298 valence electrons. The fourth-order valence-corrected chi connectivity index (χ4v) is 11.0. The summed E-state index contributed by atoms with van der Waals surface area (Å²) in [7, 11) is 0. The fourth-order valence-electron chi connectivity index (χ4n) is 10.9. The lowest BCUT2D eigenvalue weighted by Gasteiger charge is -2.62. The van der Waals surface area contributed by atoms with Gasteiger partial charge in [0, 0.05) is 10.4 Å². The van der Waals surface area contributed by atoms with Crippen molar-refractivity contribution < 1.29 is 33.3 Å². The van der Waals surface area contributed by atoms with Gasteiger partial charge in [-0.1, -0.05) is 116 Å². The molecule has 4 aromatic rings. The average Bonchev–Trinajstić information content (AvgIpc) is 3.81. The standard InChI is InChI=1S/C49H53ClO7/c1-45(2,56-37-23-21-36(50)22-24-37)44(52)55-42-26-28-46(3)40(25-29-48(5)41(46)31-39(57-48)38-27-30-53-43(38)51)47(42,4)32-54-49(33-15-9-6-10-16-33,34-17-11-7-12-18-34)35-19-13-8-14-20-35/h6-24,27,39-42H,25-26,28-32H2,1-5H3/t39?,40-,41?,42+,46+,47-,48+/m0/s1. The lowest BCUT2D eigenvalue weighted by molar-refractivity contribution is -0.225. The van der Waals surface area contributed by atoms with Crippen LogP contribution in [0.5, 0.6) is 5.75 Å².